The summed E-state index contributed by atoms with van der Waals surface area (Å²) in [5.41, 5.74) is 0.727. The molecular weight excluding hydrogens is 298 g/mol. The molecule has 7 nitrogen and oxygen atoms in total. The molecule has 7 heteroatoms. The van der Waals surface area contributed by atoms with Crippen LogP contribution >= 0.6 is 0 Å². The van der Waals surface area contributed by atoms with Gasteiger partial charge in [-0.15, -0.1) is 0 Å². The number of carbonyl (C=O) groups excluding carboxylic acids is 1. The van der Waals surface area contributed by atoms with E-state index in [0.717, 1.165) is 31.7 Å². The number of aromatic nitrogens is 1. The van der Waals surface area contributed by atoms with Crippen LogP contribution in [-0.2, 0) is 9.47 Å². The monoisotopic (exact) mass is 323 g/mol. The summed E-state index contributed by atoms with van der Waals surface area (Å²) in [6.07, 6.45) is 1.06. The standard InChI is InChI=1S/C16H25N3O4/c1-11-8-15(23-17-11)16(20)19-5-4-14(22-3)12-9-18(6-7-21-2)10-13(12)19/h8,12-14H,4-7,9-10H2,1-3H3/t12-,13+,14+/m0/s1. The average Bonchev–Trinajstić information content (AvgIpc) is 3.17. The number of fused-ring (bicyclic) bond motifs is 1. The van der Waals surface area contributed by atoms with Gasteiger partial charge in [-0.1, -0.05) is 5.16 Å². The Balaban J connectivity index is 1.75. The third-order valence-electron chi connectivity index (χ3n) is 4.95. The molecule has 23 heavy (non-hydrogen) atoms. The largest absolute Gasteiger partial charge is 0.383 e. The molecule has 0 radical (unpaired) electrons. The number of methoxy groups -OCH3 is 2. The molecule has 2 aliphatic rings. The lowest BCUT2D eigenvalue weighted by Crippen LogP contribution is -2.53. The van der Waals surface area contributed by atoms with Gasteiger partial charge in [0.1, 0.15) is 0 Å². The normalized spacial score (nSPS) is 28.1. The van der Waals surface area contributed by atoms with Crippen molar-refractivity contribution >= 4 is 5.91 Å². The van der Waals surface area contributed by atoms with Crippen LogP contribution in [0.3, 0.4) is 0 Å². The van der Waals surface area contributed by atoms with E-state index in [4.69, 9.17) is 14.0 Å². The van der Waals surface area contributed by atoms with Crippen LogP contribution < -0.4 is 0 Å². The molecule has 0 bridgehead atoms. The summed E-state index contributed by atoms with van der Waals surface area (Å²) in [4.78, 5) is 17.1. The van der Waals surface area contributed by atoms with Gasteiger partial charge in [0.2, 0.25) is 5.76 Å². The van der Waals surface area contributed by atoms with Crippen LogP contribution in [0.15, 0.2) is 10.6 Å². The maximum atomic E-state index is 12.8. The number of rotatable bonds is 5. The van der Waals surface area contributed by atoms with Gasteiger partial charge in [0.15, 0.2) is 0 Å². The quantitative estimate of drug-likeness (QED) is 0.798. The van der Waals surface area contributed by atoms with E-state index in [1.807, 2.05) is 11.8 Å². The molecule has 0 saturated carbocycles. The molecule has 3 heterocycles. The maximum Gasteiger partial charge on any atom is 0.292 e. The van der Waals surface area contributed by atoms with Crippen molar-refractivity contribution in [1.29, 1.82) is 0 Å². The van der Waals surface area contributed by atoms with E-state index in [-0.39, 0.29) is 18.1 Å². The fraction of sp³-hybridized carbons (Fsp3) is 0.750. The summed E-state index contributed by atoms with van der Waals surface area (Å²) in [6.45, 7) is 5.88. The van der Waals surface area contributed by atoms with E-state index >= 15 is 0 Å². The van der Waals surface area contributed by atoms with Gasteiger partial charge in [0.25, 0.3) is 5.91 Å². The van der Waals surface area contributed by atoms with Crippen molar-refractivity contribution in [3.05, 3.63) is 17.5 Å². The maximum absolute atomic E-state index is 12.8. The van der Waals surface area contributed by atoms with E-state index in [9.17, 15) is 4.79 Å². The number of nitrogens with zero attached hydrogens (tertiary/aromatic N) is 3. The molecule has 1 amide bonds. The van der Waals surface area contributed by atoms with E-state index in [1.54, 1.807) is 20.3 Å². The Hall–Kier alpha value is -1.44. The molecule has 3 rings (SSSR count). The number of likely N-dealkylation sites (tertiary alicyclic amines) is 2. The summed E-state index contributed by atoms with van der Waals surface area (Å²) in [6, 6.07) is 1.86. The predicted octanol–water partition coefficient (Wildman–Crippen LogP) is 0.791. The van der Waals surface area contributed by atoms with Gasteiger partial charge in [-0.3, -0.25) is 9.69 Å². The molecule has 3 atom stereocenters. The number of aryl methyl sites for hydroxylation is 1. The van der Waals surface area contributed by atoms with Crippen molar-refractivity contribution in [3.63, 3.8) is 0 Å². The number of carbonyl (C=O) groups is 1. The Morgan fingerprint density at radius 3 is 2.91 bits per heavy atom. The zero-order valence-corrected chi connectivity index (χ0v) is 14.0. The second kappa shape index (κ2) is 6.98. The highest BCUT2D eigenvalue weighted by Crippen LogP contribution is 2.33. The van der Waals surface area contributed by atoms with Crippen molar-refractivity contribution < 1.29 is 18.8 Å². The molecule has 1 aromatic rings. The summed E-state index contributed by atoms with van der Waals surface area (Å²) < 4.78 is 16.0. The van der Waals surface area contributed by atoms with E-state index < -0.39 is 0 Å². The second-order valence-corrected chi connectivity index (χ2v) is 6.38. The van der Waals surface area contributed by atoms with Crippen molar-refractivity contribution in [1.82, 2.24) is 15.0 Å². The number of ether oxygens (including phenoxy) is 2. The minimum Gasteiger partial charge on any atom is -0.383 e. The molecule has 0 aliphatic carbocycles. The molecule has 0 spiro atoms. The van der Waals surface area contributed by atoms with Crippen LogP contribution in [-0.4, -0.2) is 80.0 Å². The fourth-order valence-electron chi connectivity index (χ4n) is 3.79. The van der Waals surface area contributed by atoms with Crippen molar-refractivity contribution in [2.45, 2.75) is 25.5 Å². The Kier molecular flexibility index (Phi) is 4.99. The summed E-state index contributed by atoms with van der Waals surface area (Å²) >= 11 is 0. The number of amides is 1. The van der Waals surface area contributed by atoms with Gasteiger partial charge in [-0.05, 0) is 13.3 Å². The first-order valence-electron chi connectivity index (χ1n) is 8.12. The zero-order valence-electron chi connectivity index (χ0n) is 14.0. The molecule has 0 aromatic carbocycles. The molecule has 0 unspecified atom stereocenters. The molecular formula is C16H25N3O4. The van der Waals surface area contributed by atoms with Gasteiger partial charge in [0.05, 0.1) is 24.4 Å². The first kappa shape index (κ1) is 16.4. The highest BCUT2D eigenvalue weighted by Gasteiger charge is 2.46. The lowest BCUT2D eigenvalue weighted by atomic mass is 9.89. The lowest BCUT2D eigenvalue weighted by Gasteiger charge is -2.40. The van der Waals surface area contributed by atoms with E-state index in [1.165, 1.54) is 0 Å². The van der Waals surface area contributed by atoms with Gasteiger partial charge in [-0.25, -0.2) is 0 Å². The SMILES string of the molecule is COCCN1C[C@H]2[C@@H](C1)N(C(=O)c1cc(C)no1)CC[C@H]2OC. The molecule has 1 aromatic heterocycles. The van der Waals surface area contributed by atoms with Gasteiger partial charge in [0, 0.05) is 52.4 Å². The Morgan fingerprint density at radius 1 is 1.43 bits per heavy atom. The highest BCUT2D eigenvalue weighted by molar-refractivity contribution is 5.91. The van der Waals surface area contributed by atoms with Gasteiger partial charge < -0.3 is 18.9 Å². The van der Waals surface area contributed by atoms with Crippen molar-refractivity contribution in [2.75, 3.05) is 47.0 Å². The van der Waals surface area contributed by atoms with Crippen LogP contribution in [0.1, 0.15) is 22.7 Å². The van der Waals surface area contributed by atoms with Gasteiger partial charge in [-0.2, -0.15) is 0 Å². The fourth-order valence-corrected chi connectivity index (χ4v) is 3.79. The summed E-state index contributed by atoms with van der Waals surface area (Å²) in [5, 5.41) is 3.83. The highest BCUT2D eigenvalue weighted by atomic mass is 16.5. The van der Waals surface area contributed by atoms with E-state index in [0.29, 0.717) is 24.8 Å². The lowest BCUT2D eigenvalue weighted by molar-refractivity contribution is -0.0168. The minimum atomic E-state index is -0.0660. The van der Waals surface area contributed by atoms with Crippen molar-refractivity contribution in [2.24, 2.45) is 5.92 Å². The molecule has 2 fully saturated rings. The van der Waals surface area contributed by atoms with Crippen LogP contribution in [0.25, 0.3) is 0 Å². The zero-order chi connectivity index (χ0) is 16.4. The van der Waals surface area contributed by atoms with Crippen LogP contribution in [0.2, 0.25) is 0 Å². The Labute approximate surface area is 136 Å². The molecule has 0 N–H and O–H groups in total. The first-order valence-corrected chi connectivity index (χ1v) is 8.12. The minimum absolute atomic E-state index is 0.0660. The molecule has 2 saturated heterocycles. The third kappa shape index (κ3) is 3.27. The first-order chi connectivity index (χ1) is 11.1. The van der Waals surface area contributed by atoms with Crippen molar-refractivity contribution in [3.8, 4) is 0 Å². The topological polar surface area (TPSA) is 68.0 Å². The predicted molar refractivity (Wildman–Crippen MR) is 83.3 cm³/mol. The number of hydrogen-bond acceptors (Lipinski definition) is 6. The molecule has 128 valence electrons. The smallest absolute Gasteiger partial charge is 0.292 e. The van der Waals surface area contributed by atoms with Crippen LogP contribution in [0.4, 0.5) is 0 Å². The average molecular weight is 323 g/mol. The van der Waals surface area contributed by atoms with E-state index in [2.05, 4.69) is 10.1 Å². The summed E-state index contributed by atoms with van der Waals surface area (Å²) in [7, 11) is 3.47. The Bertz CT molecular complexity index is 547. The molecule has 2 aliphatic heterocycles. The van der Waals surface area contributed by atoms with Gasteiger partial charge >= 0.3 is 0 Å². The van der Waals surface area contributed by atoms with Crippen LogP contribution in [0.5, 0.6) is 0 Å². The second-order valence-electron chi connectivity index (χ2n) is 6.38. The number of piperidine rings is 1. The van der Waals surface area contributed by atoms with Crippen LogP contribution in [0, 0.1) is 12.8 Å². The number of hydrogen-bond donors (Lipinski definition) is 0. The summed E-state index contributed by atoms with van der Waals surface area (Å²) in [5.74, 6) is 0.592. The Morgan fingerprint density at radius 2 is 2.26 bits per heavy atom. The third-order valence-corrected chi connectivity index (χ3v) is 4.95.